The molecule has 1 N–H and O–H groups in total. The summed E-state index contributed by atoms with van der Waals surface area (Å²) in [7, 11) is 5.67. The molecule has 0 spiro atoms. The fourth-order valence-corrected chi connectivity index (χ4v) is 4.27. The van der Waals surface area contributed by atoms with E-state index >= 15 is 0 Å². The number of hydrogen-bond acceptors (Lipinski definition) is 5. The predicted octanol–water partition coefficient (Wildman–Crippen LogP) is 4.64. The average Bonchev–Trinajstić information content (AvgIpc) is 3.50. The summed E-state index contributed by atoms with van der Waals surface area (Å²) in [6, 6.07) is 19.6. The van der Waals surface area contributed by atoms with Gasteiger partial charge in [0.25, 0.3) is 5.91 Å². The summed E-state index contributed by atoms with van der Waals surface area (Å²) in [5.74, 6) is 0.604. The Morgan fingerprint density at radius 1 is 1.12 bits per heavy atom. The zero-order valence-electron chi connectivity index (χ0n) is 18.4. The number of nitrogens with zero attached hydrogens (tertiary/aromatic N) is 3. The molecule has 1 atom stereocenters. The molecule has 6 nitrogen and oxygen atoms in total. The number of rotatable bonds is 8. The standard InChI is InChI=1S/C25H26N4O2S/c1-28(2)23(19-13-14-32-17-19)15-26-25(30)22-16-29(20-7-5-4-6-8-20)27-24(22)18-9-11-21(31-3)12-10-18/h4-14,16-17,23H,15H2,1-3H3,(H,26,30). The highest BCUT2D eigenvalue weighted by Crippen LogP contribution is 2.26. The molecule has 4 aromatic rings. The van der Waals surface area contributed by atoms with Crippen molar-refractivity contribution in [2.24, 2.45) is 0 Å². The Morgan fingerprint density at radius 2 is 1.88 bits per heavy atom. The number of hydrogen-bond donors (Lipinski definition) is 1. The van der Waals surface area contributed by atoms with Crippen LogP contribution in [0, 0.1) is 0 Å². The molecule has 2 aromatic carbocycles. The second-order valence-electron chi connectivity index (χ2n) is 7.65. The van der Waals surface area contributed by atoms with Crippen LogP contribution in [0.1, 0.15) is 22.0 Å². The maximum absolute atomic E-state index is 13.3. The second-order valence-corrected chi connectivity index (χ2v) is 8.43. The van der Waals surface area contributed by atoms with Crippen molar-refractivity contribution in [3.8, 4) is 22.7 Å². The van der Waals surface area contributed by atoms with Gasteiger partial charge in [-0.15, -0.1) is 0 Å². The molecule has 4 rings (SSSR count). The summed E-state index contributed by atoms with van der Waals surface area (Å²) in [4.78, 5) is 15.4. The Kier molecular flexibility index (Phi) is 6.68. The Balaban J connectivity index is 1.64. The number of nitrogens with one attached hydrogen (secondary N) is 1. The first-order valence-electron chi connectivity index (χ1n) is 10.3. The van der Waals surface area contributed by atoms with E-state index < -0.39 is 0 Å². The maximum Gasteiger partial charge on any atom is 0.255 e. The molecule has 164 valence electrons. The lowest BCUT2D eigenvalue weighted by Crippen LogP contribution is -2.34. The van der Waals surface area contributed by atoms with Crippen LogP contribution >= 0.6 is 11.3 Å². The van der Waals surface area contributed by atoms with E-state index in [4.69, 9.17) is 9.84 Å². The van der Waals surface area contributed by atoms with Crippen LogP contribution in [0.5, 0.6) is 5.75 Å². The number of likely N-dealkylation sites (N-methyl/N-ethyl adjacent to an activating group) is 1. The smallest absolute Gasteiger partial charge is 0.255 e. The Labute approximate surface area is 192 Å². The summed E-state index contributed by atoms with van der Waals surface area (Å²) in [6.45, 7) is 0.501. The molecule has 0 radical (unpaired) electrons. The minimum atomic E-state index is -0.153. The van der Waals surface area contributed by atoms with Gasteiger partial charge in [0, 0.05) is 18.3 Å². The van der Waals surface area contributed by atoms with Gasteiger partial charge in [0.1, 0.15) is 11.4 Å². The van der Waals surface area contributed by atoms with Gasteiger partial charge in [-0.1, -0.05) is 18.2 Å². The largest absolute Gasteiger partial charge is 0.497 e. The number of ether oxygens (including phenoxy) is 1. The molecule has 0 aliphatic carbocycles. The summed E-state index contributed by atoms with van der Waals surface area (Å²) in [6.07, 6.45) is 1.79. The van der Waals surface area contributed by atoms with E-state index in [0.717, 1.165) is 17.0 Å². The highest BCUT2D eigenvalue weighted by atomic mass is 32.1. The SMILES string of the molecule is COc1ccc(-c2nn(-c3ccccc3)cc2C(=O)NCC(c2ccsc2)N(C)C)cc1. The number of thiophene rings is 1. The number of benzene rings is 2. The second kappa shape index (κ2) is 9.80. The third-order valence-electron chi connectivity index (χ3n) is 5.35. The predicted molar refractivity (Wildman–Crippen MR) is 129 cm³/mol. The van der Waals surface area contributed by atoms with E-state index in [9.17, 15) is 4.79 Å². The quantitative estimate of drug-likeness (QED) is 0.428. The van der Waals surface area contributed by atoms with E-state index in [1.807, 2.05) is 68.7 Å². The first-order chi connectivity index (χ1) is 15.6. The van der Waals surface area contributed by atoms with E-state index in [0.29, 0.717) is 17.8 Å². The van der Waals surface area contributed by atoms with Gasteiger partial charge in [-0.2, -0.15) is 16.4 Å². The molecular weight excluding hydrogens is 420 g/mol. The molecule has 0 aliphatic rings. The number of carbonyl (C=O) groups is 1. The van der Waals surface area contributed by atoms with Crippen molar-refractivity contribution < 1.29 is 9.53 Å². The summed E-state index contributed by atoms with van der Waals surface area (Å²) in [5, 5.41) is 12.0. The van der Waals surface area contributed by atoms with Crippen molar-refractivity contribution in [1.29, 1.82) is 0 Å². The molecule has 0 saturated heterocycles. The highest BCUT2D eigenvalue weighted by molar-refractivity contribution is 7.08. The monoisotopic (exact) mass is 446 g/mol. The number of aromatic nitrogens is 2. The van der Waals surface area contributed by atoms with Crippen LogP contribution in [0.3, 0.4) is 0 Å². The molecular formula is C25H26N4O2S. The van der Waals surface area contributed by atoms with Crippen LogP contribution in [-0.2, 0) is 0 Å². The van der Waals surface area contributed by atoms with Gasteiger partial charge in [-0.3, -0.25) is 4.79 Å². The first-order valence-corrected chi connectivity index (χ1v) is 11.3. The van der Waals surface area contributed by atoms with E-state index in [2.05, 4.69) is 27.0 Å². The lowest BCUT2D eigenvalue weighted by Gasteiger charge is -2.24. The Morgan fingerprint density at radius 3 is 2.50 bits per heavy atom. The van der Waals surface area contributed by atoms with Crippen molar-refractivity contribution in [1.82, 2.24) is 20.0 Å². The third kappa shape index (κ3) is 4.74. The van der Waals surface area contributed by atoms with Crippen LogP contribution in [0.4, 0.5) is 0 Å². The fraction of sp³-hybridized carbons (Fsp3) is 0.200. The highest BCUT2D eigenvalue weighted by Gasteiger charge is 2.21. The van der Waals surface area contributed by atoms with Crippen LogP contribution in [0.25, 0.3) is 16.9 Å². The molecule has 2 heterocycles. The van der Waals surface area contributed by atoms with Crippen LogP contribution in [-0.4, -0.2) is 48.3 Å². The van der Waals surface area contributed by atoms with Gasteiger partial charge in [0.2, 0.25) is 0 Å². The van der Waals surface area contributed by atoms with Crippen LogP contribution in [0.15, 0.2) is 77.6 Å². The van der Waals surface area contributed by atoms with Gasteiger partial charge in [-0.25, -0.2) is 4.68 Å². The normalized spacial score (nSPS) is 12.0. The zero-order chi connectivity index (χ0) is 22.5. The molecule has 0 saturated carbocycles. The van der Waals surface area contributed by atoms with Gasteiger partial charge in [-0.05, 0) is 72.9 Å². The number of carbonyl (C=O) groups excluding carboxylic acids is 1. The molecule has 0 fully saturated rings. The van der Waals surface area contributed by atoms with Crippen LogP contribution < -0.4 is 10.1 Å². The molecule has 32 heavy (non-hydrogen) atoms. The topological polar surface area (TPSA) is 59.4 Å². The van der Waals surface area contributed by atoms with E-state index in [1.54, 1.807) is 29.3 Å². The number of amides is 1. The van der Waals surface area contributed by atoms with Crippen molar-refractivity contribution in [3.05, 3.63) is 88.7 Å². The first kappa shape index (κ1) is 21.8. The molecule has 0 aliphatic heterocycles. The summed E-state index contributed by atoms with van der Waals surface area (Å²) >= 11 is 1.66. The summed E-state index contributed by atoms with van der Waals surface area (Å²) in [5.41, 5.74) is 4.10. The minimum Gasteiger partial charge on any atom is -0.497 e. The van der Waals surface area contributed by atoms with Gasteiger partial charge in [0.05, 0.1) is 24.4 Å². The molecule has 0 bridgehead atoms. The van der Waals surface area contributed by atoms with Gasteiger partial charge >= 0.3 is 0 Å². The van der Waals surface area contributed by atoms with Gasteiger partial charge < -0.3 is 15.0 Å². The zero-order valence-corrected chi connectivity index (χ0v) is 19.2. The van der Waals surface area contributed by atoms with Crippen molar-refractivity contribution in [3.63, 3.8) is 0 Å². The Bertz CT molecular complexity index is 1150. The van der Waals surface area contributed by atoms with Crippen molar-refractivity contribution >= 4 is 17.2 Å². The lowest BCUT2D eigenvalue weighted by molar-refractivity contribution is 0.0942. The average molecular weight is 447 g/mol. The van der Waals surface area contributed by atoms with Crippen LogP contribution in [0.2, 0.25) is 0 Å². The van der Waals surface area contributed by atoms with Crippen molar-refractivity contribution in [2.45, 2.75) is 6.04 Å². The number of methoxy groups -OCH3 is 1. The third-order valence-corrected chi connectivity index (χ3v) is 6.05. The van der Waals surface area contributed by atoms with Gasteiger partial charge in [0.15, 0.2) is 0 Å². The fourth-order valence-electron chi connectivity index (χ4n) is 3.56. The van der Waals surface area contributed by atoms with E-state index in [1.165, 1.54) is 5.56 Å². The number of para-hydroxylation sites is 1. The van der Waals surface area contributed by atoms with Crippen molar-refractivity contribution in [2.75, 3.05) is 27.7 Å². The van der Waals surface area contributed by atoms with E-state index in [-0.39, 0.29) is 11.9 Å². The molecule has 1 unspecified atom stereocenters. The molecule has 1 amide bonds. The Hall–Kier alpha value is -3.42. The maximum atomic E-state index is 13.3. The minimum absolute atomic E-state index is 0.0961. The molecule has 7 heteroatoms. The summed E-state index contributed by atoms with van der Waals surface area (Å²) < 4.78 is 7.02. The molecule has 2 aromatic heterocycles. The lowest BCUT2D eigenvalue weighted by atomic mass is 10.1.